The zero-order chi connectivity index (χ0) is 13.2. The number of carbonyl (C=O) groups is 1. The normalized spacial score (nSPS) is 24.3. The van der Waals surface area contributed by atoms with Gasteiger partial charge in [0.15, 0.2) is 0 Å². The minimum absolute atomic E-state index is 0.299. The number of aromatic nitrogens is 2. The van der Waals surface area contributed by atoms with Crippen molar-refractivity contribution in [3.8, 4) is 0 Å². The van der Waals surface area contributed by atoms with Crippen molar-refractivity contribution < 1.29 is 4.79 Å². The number of carbonyl (C=O) groups excluding carboxylic acids is 1. The Bertz CT molecular complexity index is 450. The van der Waals surface area contributed by atoms with E-state index < -0.39 is 0 Å². The lowest BCUT2D eigenvalue weighted by molar-refractivity contribution is -0.131. The monoisotopic (exact) mass is 262 g/mol. The molecular weight excluding hydrogens is 240 g/mol. The first-order valence-corrected chi connectivity index (χ1v) is 7.24. The van der Waals surface area contributed by atoms with Crippen LogP contribution in [0.15, 0.2) is 12.4 Å². The van der Waals surface area contributed by atoms with Gasteiger partial charge in [-0.1, -0.05) is 0 Å². The van der Waals surface area contributed by atoms with Gasteiger partial charge in [-0.25, -0.2) is 0 Å². The van der Waals surface area contributed by atoms with E-state index in [1.165, 1.54) is 12.0 Å². The number of likely N-dealkylation sites (tertiary alicyclic amines) is 2. The summed E-state index contributed by atoms with van der Waals surface area (Å²) in [6.07, 6.45) is 8.65. The summed E-state index contributed by atoms with van der Waals surface area (Å²) in [5.74, 6) is 0.299. The SMILES string of the molecule is Cn1cc([C@H]2CCCN2CC(=O)N2CCCC2)cn1. The van der Waals surface area contributed by atoms with E-state index in [9.17, 15) is 4.79 Å². The molecule has 1 atom stereocenters. The number of rotatable bonds is 3. The number of hydrogen-bond acceptors (Lipinski definition) is 3. The molecule has 0 radical (unpaired) electrons. The van der Waals surface area contributed by atoms with Crippen molar-refractivity contribution in [3.05, 3.63) is 18.0 Å². The van der Waals surface area contributed by atoms with Crippen molar-refractivity contribution in [1.29, 1.82) is 0 Å². The van der Waals surface area contributed by atoms with Gasteiger partial charge in [-0.3, -0.25) is 14.4 Å². The standard InChI is InChI=1S/C14H22N4O/c1-16-10-12(9-15-16)13-5-4-8-18(13)11-14(19)17-6-2-3-7-17/h9-10,13H,2-8,11H2,1H3/t13-/m1/s1. The van der Waals surface area contributed by atoms with Crippen LogP contribution < -0.4 is 0 Å². The lowest BCUT2D eigenvalue weighted by atomic mass is 10.1. The second-order valence-electron chi connectivity index (χ2n) is 5.66. The highest BCUT2D eigenvalue weighted by Crippen LogP contribution is 2.31. The first-order valence-electron chi connectivity index (χ1n) is 7.24. The molecular formula is C14H22N4O. The molecule has 5 nitrogen and oxygen atoms in total. The Hall–Kier alpha value is -1.36. The van der Waals surface area contributed by atoms with Gasteiger partial charge in [-0.05, 0) is 32.2 Å². The number of hydrogen-bond donors (Lipinski definition) is 0. The summed E-state index contributed by atoms with van der Waals surface area (Å²) in [5.41, 5.74) is 1.24. The van der Waals surface area contributed by atoms with Crippen molar-refractivity contribution in [2.24, 2.45) is 7.05 Å². The van der Waals surface area contributed by atoms with Crippen molar-refractivity contribution in [2.45, 2.75) is 31.7 Å². The highest BCUT2D eigenvalue weighted by molar-refractivity contribution is 5.78. The van der Waals surface area contributed by atoms with Crippen molar-refractivity contribution >= 4 is 5.91 Å². The largest absolute Gasteiger partial charge is 0.342 e. The van der Waals surface area contributed by atoms with E-state index in [1.807, 2.05) is 22.8 Å². The summed E-state index contributed by atoms with van der Waals surface area (Å²) in [5, 5.41) is 4.25. The molecule has 2 aliphatic rings. The Kier molecular flexibility index (Phi) is 3.55. The molecule has 0 aromatic carbocycles. The Morgan fingerprint density at radius 3 is 2.79 bits per heavy atom. The smallest absolute Gasteiger partial charge is 0.236 e. The van der Waals surface area contributed by atoms with Crippen LogP contribution in [-0.4, -0.2) is 51.7 Å². The highest BCUT2D eigenvalue weighted by atomic mass is 16.2. The van der Waals surface area contributed by atoms with Gasteiger partial charge >= 0.3 is 0 Å². The second-order valence-corrected chi connectivity index (χ2v) is 5.66. The van der Waals surface area contributed by atoms with E-state index in [2.05, 4.69) is 16.2 Å². The summed E-state index contributed by atoms with van der Waals surface area (Å²) in [7, 11) is 1.94. The third-order valence-corrected chi connectivity index (χ3v) is 4.27. The topological polar surface area (TPSA) is 41.4 Å². The summed E-state index contributed by atoms with van der Waals surface area (Å²) < 4.78 is 1.84. The molecule has 0 unspecified atom stereocenters. The molecule has 1 amide bonds. The van der Waals surface area contributed by atoms with Crippen LogP contribution in [0, 0.1) is 0 Å². The molecule has 19 heavy (non-hydrogen) atoms. The molecule has 0 bridgehead atoms. The van der Waals surface area contributed by atoms with Gasteiger partial charge in [0, 0.05) is 37.9 Å². The summed E-state index contributed by atoms with van der Waals surface area (Å²) >= 11 is 0. The Morgan fingerprint density at radius 1 is 1.32 bits per heavy atom. The molecule has 1 aromatic heterocycles. The van der Waals surface area contributed by atoms with Gasteiger partial charge in [0.05, 0.1) is 12.7 Å². The average Bonchev–Trinajstić information content (AvgIpc) is 3.08. The average molecular weight is 262 g/mol. The molecule has 3 rings (SSSR count). The Labute approximate surface area is 114 Å². The van der Waals surface area contributed by atoms with Crippen LogP contribution in [0.5, 0.6) is 0 Å². The molecule has 5 heteroatoms. The van der Waals surface area contributed by atoms with E-state index in [1.54, 1.807) is 0 Å². The minimum Gasteiger partial charge on any atom is -0.342 e. The van der Waals surface area contributed by atoms with E-state index in [0.717, 1.165) is 38.9 Å². The first kappa shape index (κ1) is 12.7. The molecule has 3 heterocycles. The van der Waals surface area contributed by atoms with Crippen LogP contribution in [0.4, 0.5) is 0 Å². The fourth-order valence-electron chi connectivity index (χ4n) is 3.25. The Morgan fingerprint density at radius 2 is 2.11 bits per heavy atom. The van der Waals surface area contributed by atoms with E-state index in [4.69, 9.17) is 0 Å². The van der Waals surface area contributed by atoms with Gasteiger partial charge < -0.3 is 4.90 Å². The zero-order valence-electron chi connectivity index (χ0n) is 11.6. The van der Waals surface area contributed by atoms with Crippen LogP contribution in [0.3, 0.4) is 0 Å². The number of aryl methyl sites for hydroxylation is 1. The lowest BCUT2D eigenvalue weighted by Crippen LogP contribution is -2.38. The highest BCUT2D eigenvalue weighted by Gasteiger charge is 2.30. The van der Waals surface area contributed by atoms with Gasteiger partial charge in [0.25, 0.3) is 0 Å². The van der Waals surface area contributed by atoms with Crippen LogP contribution in [0.25, 0.3) is 0 Å². The van der Waals surface area contributed by atoms with Crippen LogP contribution in [-0.2, 0) is 11.8 Å². The minimum atomic E-state index is 0.299. The van der Waals surface area contributed by atoms with E-state index in [-0.39, 0.29) is 0 Å². The molecule has 104 valence electrons. The number of amides is 1. The van der Waals surface area contributed by atoms with Crippen LogP contribution >= 0.6 is 0 Å². The predicted molar refractivity (Wildman–Crippen MR) is 72.6 cm³/mol. The van der Waals surface area contributed by atoms with Gasteiger partial charge in [0.2, 0.25) is 5.91 Å². The summed E-state index contributed by atoms with van der Waals surface area (Å²) in [6.45, 7) is 3.49. The quantitative estimate of drug-likeness (QED) is 0.821. The molecule has 0 saturated carbocycles. The Balaban J connectivity index is 1.64. The maximum absolute atomic E-state index is 12.2. The zero-order valence-corrected chi connectivity index (χ0v) is 11.6. The molecule has 2 aliphatic heterocycles. The van der Waals surface area contributed by atoms with E-state index in [0.29, 0.717) is 18.5 Å². The fraction of sp³-hybridized carbons (Fsp3) is 0.714. The van der Waals surface area contributed by atoms with Crippen LogP contribution in [0.1, 0.15) is 37.3 Å². The van der Waals surface area contributed by atoms with E-state index >= 15 is 0 Å². The first-order chi connectivity index (χ1) is 9.24. The fourth-order valence-corrected chi connectivity index (χ4v) is 3.25. The summed E-state index contributed by atoms with van der Waals surface area (Å²) in [4.78, 5) is 16.6. The van der Waals surface area contributed by atoms with Gasteiger partial charge in [-0.2, -0.15) is 5.10 Å². The third kappa shape index (κ3) is 2.66. The van der Waals surface area contributed by atoms with Crippen LogP contribution in [0.2, 0.25) is 0 Å². The third-order valence-electron chi connectivity index (χ3n) is 4.27. The maximum Gasteiger partial charge on any atom is 0.236 e. The molecule has 2 fully saturated rings. The van der Waals surface area contributed by atoms with Gasteiger partial charge in [0.1, 0.15) is 0 Å². The number of nitrogens with zero attached hydrogens (tertiary/aromatic N) is 4. The molecule has 0 spiro atoms. The molecule has 2 saturated heterocycles. The van der Waals surface area contributed by atoms with Crippen molar-refractivity contribution in [3.63, 3.8) is 0 Å². The predicted octanol–water partition coefficient (Wildman–Crippen LogP) is 1.18. The molecule has 0 N–H and O–H groups in total. The summed E-state index contributed by atoms with van der Waals surface area (Å²) in [6, 6.07) is 0.375. The van der Waals surface area contributed by atoms with Gasteiger partial charge in [-0.15, -0.1) is 0 Å². The molecule has 0 aliphatic carbocycles. The van der Waals surface area contributed by atoms with Crippen molar-refractivity contribution in [1.82, 2.24) is 19.6 Å². The second kappa shape index (κ2) is 5.33. The maximum atomic E-state index is 12.2. The lowest BCUT2D eigenvalue weighted by Gasteiger charge is -2.25. The molecule has 1 aromatic rings. The van der Waals surface area contributed by atoms with Crippen molar-refractivity contribution in [2.75, 3.05) is 26.2 Å².